The van der Waals surface area contributed by atoms with Crippen molar-refractivity contribution in [2.45, 2.75) is 20.0 Å². The Labute approximate surface area is 146 Å². The number of carbonyl (C=O) groups excluding carboxylic acids is 2. The molecule has 2 aromatic rings. The molecule has 0 aliphatic heterocycles. The second-order valence-corrected chi connectivity index (χ2v) is 6.45. The second kappa shape index (κ2) is 9.85. The Hall–Kier alpha value is -2.18. The van der Waals surface area contributed by atoms with Gasteiger partial charge in [0.1, 0.15) is 0 Å². The lowest BCUT2D eigenvalue weighted by molar-refractivity contribution is -0.125. The summed E-state index contributed by atoms with van der Waals surface area (Å²) in [6.45, 7) is 4.06. The minimum Gasteiger partial charge on any atom is -0.351 e. The van der Waals surface area contributed by atoms with Crippen LogP contribution >= 0.6 is 11.3 Å². The standard InChI is InChI=1S/C18H23N3O2S/c1-2-21(14-18(23)20-12-16-9-6-10-24-16)13-17(22)19-11-15-7-4-3-5-8-15/h3-10H,2,11-14H2,1H3,(H,19,22)(H,20,23). The number of rotatable bonds is 9. The van der Waals surface area contributed by atoms with Crippen LogP contribution in [-0.2, 0) is 22.7 Å². The van der Waals surface area contributed by atoms with Gasteiger partial charge in [-0.1, -0.05) is 43.3 Å². The number of amides is 2. The highest BCUT2D eigenvalue weighted by molar-refractivity contribution is 7.09. The van der Waals surface area contributed by atoms with E-state index in [1.807, 2.05) is 59.7 Å². The minimum atomic E-state index is -0.0771. The lowest BCUT2D eigenvalue weighted by atomic mass is 10.2. The minimum absolute atomic E-state index is 0.0684. The molecule has 0 saturated carbocycles. The summed E-state index contributed by atoms with van der Waals surface area (Å²) in [5.74, 6) is -0.145. The number of hydrogen-bond acceptors (Lipinski definition) is 4. The van der Waals surface area contributed by atoms with E-state index in [2.05, 4.69) is 10.6 Å². The van der Waals surface area contributed by atoms with Crippen molar-refractivity contribution >= 4 is 23.2 Å². The Kier molecular flexibility index (Phi) is 7.45. The van der Waals surface area contributed by atoms with Gasteiger partial charge in [-0.05, 0) is 23.6 Å². The first-order chi connectivity index (χ1) is 11.7. The molecule has 0 saturated heterocycles. The molecule has 6 heteroatoms. The molecule has 0 unspecified atom stereocenters. The average molecular weight is 345 g/mol. The second-order valence-electron chi connectivity index (χ2n) is 5.42. The van der Waals surface area contributed by atoms with Gasteiger partial charge in [0, 0.05) is 11.4 Å². The van der Waals surface area contributed by atoms with Gasteiger partial charge < -0.3 is 10.6 Å². The van der Waals surface area contributed by atoms with Gasteiger partial charge in [0.15, 0.2) is 0 Å². The van der Waals surface area contributed by atoms with Crippen LogP contribution in [-0.4, -0.2) is 36.3 Å². The summed E-state index contributed by atoms with van der Waals surface area (Å²) in [5, 5.41) is 7.74. The highest BCUT2D eigenvalue weighted by Crippen LogP contribution is 2.07. The Morgan fingerprint density at radius 1 is 0.958 bits per heavy atom. The third-order valence-corrected chi connectivity index (χ3v) is 4.43. The van der Waals surface area contributed by atoms with Crippen molar-refractivity contribution in [1.29, 1.82) is 0 Å². The van der Waals surface area contributed by atoms with Crippen LogP contribution in [0.4, 0.5) is 0 Å². The van der Waals surface area contributed by atoms with E-state index in [0.29, 0.717) is 19.6 Å². The van der Waals surface area contributed by atoms with Gasteiger partial charge in [0.2, 0.25) is 11.8 Å². The summed E-state index contributed by atoms with van der Waals surface area (Å²) < 4.78 is 0. The summed E-state index contributed by atoms with van der Waals surface area (Å²) >= 11 is 1.61. The van der Waals surface area contributed by atoms with Crippen molar-refractivity contribution < 1.29 is 9.59 Å². The monoisotopic (exact) mass is 345 g/mol. The fourth-order valence-electron chi connectivity index (χ4n) is 2.19. The molecule has 2 N–H and O–H groups in total. The molecule has 0 spiro atoms. The number of thiophene rings is 1. The lowest BCUT2D eigenvalue weighted by Gasteiger charge is -2.19. The SMILES string of the molecule is CCN(CC(=O)NCc1ccccc1)CC(=O)NCc1cccs1. The summed E-state index contributed by atoms with van der Waals surface area (Å²) in [7, 11) is 0. The molecule has 2 amide bonds. The highest BCUT2D eigenvalue weighted by Gasteiger charge is 2.13. The van der Waals surface area contributed by atoms with Crippen LogP contribution in [0.15, 0.2) is 47.8 Å². The normalized spacial score (nSPS) is 10.6. The number of carbonyl (C=O) groups is 2. The summed E-state index contributed by atoms with van der Waals surface area (Å²) in [5.41, 5.74) is 1.06. The van der Waals surface area contributed by atoms with Crippen LogP contribution < -0.4 is 10.6 Å². The van der Waals surface area contributed by atoms with E-state index >= 15 is 0 Å². The van der Waals surface area contributed by atoms with Crippen LogP contribution in [0.3, 0.4) is 0 Å². The third-order valence-electron chi connectivity index (χ3n) is 3.55. The van der Waals surface area contributed by atoms with Crippen LogP contribution in [0.2, 0.25) is 0 Å². The molecule has 0 bridgehead atoms. The zero-order valence-corrected chi connectivity index (χ0v) is 14.6. The van der Waals surface area contributed by atoms with Gasteiger partial charge >= 0.3 is 0 Å². The number of nitrogens with one attached hydrogen (secondary N) is 2. The van der Waals surface area contributed by atoms with Crippen LogP contribution in [0.1, 0.15) is 17.4 Å². The van der Waals surface area contributed by atoms with Gasteiger partial charge in [0.25, 0.3) is 0 Å². The van der Waals surface area contributed by atoms with E-state index in [1.165, 1.54) is 0 Å². The molecule has 0 aliphatic rings. The fourth-order valence-corrected chi connectivity index (χ4v) is 2.84. The van der Waals surface area contributed by atoms with Crippen LogP contribution in [0.25, 0.3) is 0 Å². The molecule has 0 radical (unpaired) electrons. The Morgan fingerprint density at radius 2 is 1.62 bits per heavy atom. The maximum atomic E-state index is 12.0. The molecule has 2 rings (SSSR count). The smallest absolute Gasteiger partial charge is 0.234 e. The molecule has 1 aromatic carbocycles. The summed E-state index contributed by atoms with van der Waals surface area (Å²) in [6, 6.07) is 13.7. The Balaban J connectivity index is 1.70. The maximum absolute atomic E-state index is 12.0. The zero-order valence-electron chi connectivity index (χ0n) is 13.8. The van der Waals surface area contributed by atoms with Crippen molar-refractivity contribution in [1.82, 2.24) is 15.5 Å². The maximum Gasteiger partial charge on any atom is 0.234 e. The fraction of sp³-hybridized carbons (Fsp3) is 0.333. The average Bonchev–Trinajstić information content (AvgIpc) is 3.12. The van der Waals surface area contributed by atoms with E-state index in [1.54, 1.807) is 11.3 Å². The number of benzene rings is 1. The molecule has 24 heavy (non-hydrogen) atoms. The predicted octanol–water partition coefficient (Wildman–Crippen LogP) is 2.00. The van der Waals surface area contributed by atoms with Gasteiger partial charge in [-0.3, -0.25) is 14.5 Å². The van der Waals surface area contributed by atoms with Gasteiger partial charge in [-0.15, -0.1) is 11.3 Å². The Bertz CT molecular complexity index is 629. The van der Waals surface area contributed by atoms with Gasteiger partial charge in [-0.2, -0.15) is 0 Å². The van der Waals surface area contributed by atoms with Crippen molar-refractivity contribution in [3.05, 3.63) is 58.3 Å². The van der Waals surface area contributed by atoms with Crippen LogP contribution in [0, 0.1) is 0 Å². The first-order valence-electron chi connectivity index (χ1n) is 7.99. The molecular formula is C18H23N3O2S. The van der Waals surface area contributed by atoms with Gasteiger partial charge in [-0.25, -0.2) is 0 Å². The number of hydrogen-bond donors (Lipinski definition) is 2. The molecule has 128 valence electrons. The van der Waals surface area contributed by atoms with Crippen LogP contribution in [0.5, 0.6) is 0 Å². The van der Waals surface area contributed by atoms with E-state index in [0.717, 1.165) is 10.4 Å². The molecule has 0 atom stereocenters. The predicted molar refractivity (Wildman–Crippen MR) is 96.6 cm³/mol. The summed E-state index contributed by atoms with van der Waals surface area (Å²) in [6.07, 6.45) is 0. The molecule has 5 nitrogen and oxygen atoms in total. The largest absolute Gasteiger partial charge is 0.351 e. The molecule has 1 heterocycles. The summed E-state index contributed by atoms with van der Waals surface area (Å²) in [4.78, 5) is 27.0. The molecule has 0 fully saturated rings. The highest BCUT2D eigenvalue weighted by atomic mass is 32.1. The van der Waals surface area contributed by atoms with E-state index in [4.69, 9.17) is 0 Å². The number of nitrogens with zero attached hydrogens (tertiary/aromatic N) is 1. The molecule has 0 aliphatic carbocycles. The van der Waals surface area contributed by atoms with Crippen molar-refractivity contribution in [3.8, 4) is 0 Å². The van der Waals surface area contributed by atoms with E-state index in [-0.39, 0.29) is 24.9 Å². The van der Waals surface area contributed by atoms with E-state index < -0.39 is 0 Å². The van der Waals surface area contributed by atoms with Crippen molar-refractivity contribution in [2.75, 3.05) is 19.6 Å². The first-order valence-corrected chi connectivity index (χ1v) is 8.87. The van der Waals surface area contributed by atoms with Crippen molar-refractivity contribution in [3.63, 3.8) is 0 Å². The van der Waals surface area contributed by atoms with Gasteiger partial charge in [0.05, 0.1) is 19.6 Å². The first kappa shape index (κ1) is 18.2. The van der Waals surface area contributed by atoms with Crippen molar-refractivity contribution in [2.24, 2.45) is 0 Å². The zero-order chi connectivity index (χ0) is 17.2. The lowest BCUT2D eigenvalue weighted by Crippen LogP contribution is -2.42. The third kappa shape index (κ3) is 6.52. The molecule has 1 aromatic heterocycles. The Morgan fingerprint density at radius 3 is 2.21 bits per heavy atom. The molecular weight excluding hydrogens is 322 g/mol. The van der Waals surface area contributed by atoms with E-state index in [9.17, 15) is 9.59 Å². The quantitative estimate of drug-likeness (QED) is 0.731. The topological polar surface area (TPSA) is 61.4 Å². The number of likely N-dealkylation sites (N-methyl/N-ethyl adjacent to an activating group) is 1.